The Morgan fingerprint density at radius 2 is 2.22 bits per heavy atom. The summed E-state index contributed by atoms with van der Waals surface area (Å²) in [7, 11) is 1.73. The molecule has 0 saturated carbocycles. The molecule has 4 nitrogen and oxygen atoms in total. The predicted octanol–water partition coefficient (Wildman–Crippen LogP) is 3.46. The van der Waals surface area contributed by atoms with Gasteiger partial charge >= 0.3 is 0 Å². The van der Waals surface area contributed by atoms with E-state index in [0.29, 0.717) is 0 Å². The average molecular weight is 348 g/mol. The number of hydrogen-bond donors (Lipinski definition) is 1. The zero-order valence-electron chi connectivity index (χ0n) is 13.4. The maximum atomic E-state index is 5.60. The van der Waals surface area contributed by atoms with Crippen LogP contribution in [0.15, 0.2) is 36.5 Å². The fourth-order valence-electron chi connectivity index (χ4n) is 2.95. The maximum Gasteiger partial charge on any atom is 0.170 e. The van der Waals surface area contributed by atoms with Gasteiger partial charge in [-0.25, -0.2) is 0 Å². The number of aryl methyl sites for hydroxylation is 1. The van der Waals surface area contributed by atoms with Gasteiger partial charge in [0.15, 0.2) is 5.11 Å². The van der Waals surface area contributed by atoms with E-state index in [0.717, 1.165) is 30.4 Å². The molecule has 2 atom stereocenters. The Bertz CT molecular complexity index is 659. The van der Waals surface area contributed by atoms with Crippen molar-refractivity contribution in [2.24, 2.45) is 0 Å². The minimum Gasteiger partial charge on any atom is -0.385 e. The van der Waals surface area contributed by atoms with E-state index in [4.69, 9.17) is 17.0 Å². The predicted molar refractivity (Wildman–Crippen MR) is 97.7 cm³/mol. The lowest BCUT2D eigenvalue weighted by molar-refractivity contribution is 0.181. The molecule has 0 radical (unpaired) electrons. The Morgan fingerprint density at radius 3 is 2.87 bits per heavy atom. The van der Waals surface area contributed by atoms with E-state index in [2.05, 4.69) is 40.3 Å². The van der Waals surface area contributed by atoms with Gasteiger partial charge < -0.3 is 15.0 Å². The number of nitrogens with one attached hydrogen (secondary N) is 1. The van der Waals surface area contributed by atoms with E-state index >= 15 is 0 Å². The molecule has 1 aliphatic rings. The molecule has 1 N–H and O–H groups in total. The molecule has 0 bridgehead atoms. The second kappa shape index (κ2) is 7.38. The molecule has 0 aliphatic carbocycles. The van der Waals surface area contributed by atoms with Gasteiger partial charge in [-0.3, -0.25) is 4.98 Å². The van der Waals surface area contributed by atoms with E-state index in [1.54, 1.807) is 7.11 Å². The van der Waals surface area contributed by atoms with Crippen LogP contribution in [0.4, 0.5) is 0 Å². The van der Waals surface area contributed by atoms with Gasteiger partial charge in [0.05, 0.1) is 17.8 Å². The Labute approximate surface area is 146 Å². The molecule has 0 amide bonds. The van der Waals surface area contributed by atoms with Crippen molar-refractivity contribution in [2.75, 3.05) is 20.3 Å². The first-order valence-corrected chi connectivity index (χ1v) is 8.96. The summed E-state index contributed by atoms with van der Waals surface area (Å²) in [6.45, 7) is 3.76. The highest BCUT2D eigenvalue weighted by molar-refractivity contribution is 7.80. The molecule has 2 aromatic heterocycles. The number of pyridine rings is 1. The van der Waals surface area contributed by atoms with Crippen LogP contribution in [0, 0.1) is 6.92 Å². The molecular weight excluding hydrogens is 326 g/mol. The van der Waals surface area contributed by atoms with Gasteiger partial charge in [0.2, 0.25) is 0 Å². The van der Waals surface area contributed by atoms with E-state index in [9.17, 15) is 0 Å². The minimum absolute atomic E-state index is 0.0873. The van der Waals surface area contributed by atoms with Gasteiger partial charge in [-0.15, -0.1) is 11.3 Å². The standard InChI is InChI=1S/C17H21N3OS2/c1-12-7-8-14(23-12)16-15(13-6-3-4-9-18-13)19-17(22)20(16)10-5-11-21-2/h3-4,6-9,15-16H,5,10-11H2,1-2H3,(H,19,22)/t15-,16-/m1/s1. The molecule has 2 aromatic rings. The molecule has 0 unspecified atom stereocenters. The normalized spacial score (nSPS) is 20.8. The quantitative estimate of drug-likeness (QED) is 0.640. The lowest BCUT2D eigenvalue weighted by atomic mass is 10.0. The summed E-state index contributed by atoms with van der Waals surface area (Å²) in [5, 5.41) is 4.26. The van der Waals surface area contributed by atoms with Crippen molar-refractivity contribution in [2.45, 2.75) is 25.4 Å². The highest BCUT2D eigenvalue weighted by Gasteiger charge is 2.40. The first-order chi connectivity index (χ1) is 11.2. The summed E-state index contributed by atoms with van der Waals surface area (Å²) in [4.78, 5) is 9.45. The third-order valence-corrected chi connectivity index (χ3v) is 5.42. The highest BCUT2D eigenvalue weighted by atomic mass is 32.1. The molecule has 3 heterocycles. The molecule has 1 fully saturated rings. The molecule has 1 aliphatic heterocycles. The first kappa shape index (κ1) is 16.4. The first-order valence-electron chi connectivity index (χ1n) is 7.74. The maximum absolute atomic E-state index is 5.60. The average Bonchev–Trinajstić information content (AvgIpc) is 3.12. The zero-order valence-corrected chi connectivity index (χ0v) is 15.0. The van der Waals surface area contributed by atoms with E-state index in [1.807, 2.05) is 29.7 Å². The number of thiocarbonyl (C=S) groups is 1. The van der Waals surface area contributed by atoms with Gasteiger partial charge in [-0.05, 0) is 49.8 Å². The summed E-state index contributed by atoms with van der Waals surface area (Å²) >= 11 is 7.43. The summed E-state index contributed by atoms with van der Waals surface area (Å²) in [6, 6.07) is 10.7. The minimum atomic E-state index is 0.0873. The van der Waals surface area contributed by atoms with Crippen LogP contribution >= 0.6 is 23.6 Å². The molecule has 6 heteroatoms. The Morgan fingerprint density at radius 1 is 1.35 bits per heavy atom. The number of ether oxygens (including phenoxy) is 1. The Hall–Kier alpha value is -1.50. The van der Waals surface area contributed by atoms with Crippen molar-refractivity contribution in [3.63, 3.8) is 0 Å². The lowest BCUT2D eigenvalue weighted by Crippen LogP contribution is -2.30. The molecule has 122 valence electrons. The monoisotopic (exact) mass is 347 g/mol. The Balaban J connectivity index is 1.91. The van der Waals surface area contributed by atoms with Crippen molar-refractivity contribution in [1.29, 1.82) is 0 Å². The largest absolute Gasteiger partial charge is 0.385 e. The van der Waals surface area contributed by atoms with Crippen LogP contribution in [-0.2, 0) is 4.74 Å². The number of nitrogens with zero attached hydrogens (tertiary/aromatic N) is 2. The van der Waals surface area contributed by atoms with Crippen LogP contribution in [0.5, 0.6) is 0 Å². The van der Waals surface area contributed by atoms with Gasteiger partial charge in [0, 0.05) is 36.2 Å². The number of rotatable bonds is 6. The molecular formula is C17H21N3OS2. The van der Waals surface area contributed by atoms with Crippen molar-refractivity contribution in [3.05, 3.63) is 52.0 Å². The molecule has 3 rings (SSSR count). The zero-order chi connectivity index (χ0) is 16.2. The second-order valence-electron chi connectivity index (χ2n) is 5.61. The summed E-state index contributed by atoms with van der Waals surface area (Å²) in [5.74, 6) is 0. The number of methoxy groups -OCH3 is 1. The van der Waals surface area contributed by atoms with E-state index in [1.165, 1.54) is 9.75 Å². The van der Waals surface area contributed by atoms with Crippen LogP contribution in [-0.4, -0.2) is 35.3 Å². The topological polar surface area (TPSA) is 37.4 Å². The Kier molecular flexibility index (Phi) is 5.25. The highest BCUT2D eigenvalue weighted by Crippen LogP contribution is 2.41. The molecule has 1 saturated heterocycles. The second-order valence-corrected chi connectivity index (χ2v) is 7.32. The van der Waals surface area contributed by atoms with Crippen LogP contribution in [0.2, 0.25) is 0 Å². The SMILES string of the molecule is COCCCN1C(=S)N[C@H](c2ccccn2)[C@H]1c1ccc(C)s1. The number of thiophene rings is 1. The third-order valence-electron chi connectivity index (χ3n) is 4.00. The van der Waals surface area contributed by atoms with Crippen LogP contribution in [0.1, 0.15) is 34.0 Å². The summed E-state index contributed by atoms with van der Waals surface area (Å²) < 4.78 is 5.19. The number of aromatic nitrogens is 1. The molecule has 0 aromatic carbocycles. The van der Waals surface area contributed by atoms with Gasteiger partial charge in [-0.2, -0.15) is 0 Å². The van der Waals surface area contributed by atoms with Crippen LogP contribution < -0.4 is 5.32 Å². The smallest absolute Gasteiger partial charge is 0.170 e. The summed E-state index contributed by atoms with van der Waals surface area (Å²) in [6.07, 6.45) is 2.79. The van der Waals surface area contributed by atoms with Crippen LogP contribution in [0.25, 0.3) is 0 Å². The lowest BCUT2D eigenvalue weighted by Gasteiger charge is -2.26. The fourth-order valence-corrected chi connectivity index (χ4v) is 4.31. The van der Waals surface area contributed by atoms with Crippen molar-refractivity contribution >= 4 is 28.7 Å². The van der Waals surface area contributed by atoms with Crippen molar-refractivity contribution < 1.29 is 4.74 Å². The molecule has 0 spiro atoms. The number of hydrogen-bond acceptors (Lipinski definition) is 4. The molecule has 23 heavy (non-hydrogen) atoms. The van der Waals surface area contributed by atoms with Gasteiger partial charge in [-0.1, -0.05) is 6.07 Å². The van der Waals surface area contributed by atoms with Gasteiger partial charge in [0.1, 0.15) is 0 Å². The van der Waals surface area contributed by atoms with E-state index < -0.39 is 0 Å². The third kappa shape index (κ3) is 3.54. The van der Waals surface area contributed by atoms with Crippen molar-refractivity contribution in [3.8, 4) is 0 Å². The summed E-state index contributed by atoms with van der Waals surface area (Å²) in [5.41, 5.74) is 1.03. The van der Waals surface area contributed by atoms with E-state index in [-0.39, 0.29) is 12.1 Å². The van der Waals surface area contributed by atoms with Crippen LogP contribution in [0.3, 0.4) is 0 Å². The van der Waals surface area contributed by atoms with Crippen molar-refractivity contribution in [1.82, 2.24) is 15.2 Å². The fraction of sp³-hybridized carbons (Fsp3) is 0.412. The van der Waals surface area contributed by atoms with Gasteiger partial charge in [0.25, 0.3) is 0 Å².